The number of aryl methyl sites for hydroxylation is 1. The summed E-state index contributed by atoms with van der Waals surface area (Å²) in [6, 6.07) is 2.20. The highest BCUT2D eigenvalue weighted by molar-refractivity contribution is 5.21. The third kappa shape index (κ3) is 4.99. The molecule has 118 valence electrons. The van der Waals surface area contributed by atoms with Crippen LogP contribution in [-0.2, 0) is 17.8 Å². The first-order valence-corrected chi connectivity index (χ1v) is 7.91. The molecule has 0 atom stereocenters. The molecule has 0 radical (unpaired) electrons. The molecule has 4 nitrogen and oxygen atoms in total. The first-order valence-electron chi connectivity index (χ1n) is 7.91. The van der Waals surface area contributed by atoms with Gasteiger partial charge in [-0.15, -0.1) is 0 Å². The van der Waals surface area contributed by atoms with Crippen molar-refractivity contribution in [3.8, 4) is 0 Å². The Kier molecular flexibility index (Phi) is 6.49. The predicted octanol–water partition coefficient (Wildman–Crippen LogP) is 2.87. The summed E-state index contributed by atoms with van der Waals surface area (Å²) in [5.41, 5.74) is 2.73. The number of hydrogen-bond donors (Lipinski definition) is 1. The average molecular weight is 292 g/mol. The molecule has 0 amide bonds. The van der Waals surface area contributed by atoms with Gasteiger partial charge in [0, 0.05) is 32.3 Å². The van der Waals surface area contributed by atoms with Crippen LogP contribution in [0, 0.1) is 6.92 Å². The van der Waals surface area contributed by atoms with E-state index in [9.17, 15) is 0 Å². The van der Waals surface area contributed by atoms with E-state index in [1.807, 2.05) is 0 Å². The van der Waals surface area contributed by atoms with Crippen molar-refractivity contribution in [2.24, 2.45) is 0 Å². The summed E-state index contributed by atoms with van der Waals surface area (Å²) in [5.74, 6) is 2.10. The largest absolute Gasteiger partial charge is 0.465 e. The minimum atomic E-state index is 0.770. The van der Waals surface area contributed by atoms with Crippen molar-refractivity contribution in [1.82, 2.24) is 10.2 Å². The van der Waals surface area contributed by atoms with Gasteiger partial charge in [-0.2, -0.15) is 0 Å². The van der Waals surface area contributed by atoms with Gasteiger partial charge in [0.05, 0.1) is 13.2 Å². The lowest BCUT2D eigenvalue weighted by molar-refractivity contribution is 0.210. The lowest BCUT2D eigenvalue weighted by Gasteiger charge is -2.25. The van der Waals surface area contributed by atoms with E-state index in [1.54, 1.807) is 7.11 Å². The first kappa shape index (κ1) is 16.3. The minimum Gasteiger partial charge on any atom is -0.465 e. The van der Waals surface area contributed by atoms with Crippen LogP contribution < -0.4 is 5.32 Å². The molecule has 0 spiro atoms. The maximum atomic E-state index is 5.84. The van der Waals surface area contributed by atoms with Gasteiger partial charge < -0.3 is 14.5 Å². The minimum absolute atomic E-state index is 0.770. The molecular formula is C17H28N2O2. The zero-order valence-electron chi connectivity index (χ0n) is 13.6. The standard InChI is InChI=1S/C17H28N2O2/c1-4-7-18-11-17-10-16(14(2)21-17)12-19-8-5-15(6-9-19)13-20-3/h5,10,18H,4,6-9,11-13H2,1-3H3. The van der Waals surface area contributed by atoms with Gasteiger partial charge in [0.1, 0.15) is 11.5 Å². The van der Waals surface area contributed by atoms with Gasteiger partial charge >= 0.3 is 0 Å². The molecule has 1 aromatic rings. The van der Waals surface area contributed by atoms with Crippen LogP contribution in [0.1, 0.15) is 36.8 Å². The Morgan fingerprint density at radius 3 is 2.95 bits per heavy atom. The molecule has 2 rings (SSSR count). The van der Waals surface area contributed by atoms with Crippen LogP contribution in [0.5, 0.6) is 0 Å². The van der Waals surface area contributed by atoms with Gasteiger partial charge in [-0.3, -0.25) is 4.90 Å². The lowest BCUT2D eigenvalue weighted by atomic mass is 10.1. The molecular weight excluding hydrogens is 264 g/mol. The Morgan fingerprint density at radius 2 is 2.29 bits per heavy atom. The quantitative estimate of drug-likeness (QED) is 0.590. The first-order chi connectivity index (χ1) is 10.2. The summed E-state index contributed by atoms with van der Waals surface area (Å²) >= 11 is 0. The number of rotatable bonds is 8. The number of hydrogen-bond acceptors (Lipinski definition) is 4. The maximum absolute atomic E-state index is 5.84. The average Bonchev–Trinajstić information content (AvgIpc) is 2.82. The summed E-state index contributed by atoms with van der Waals surface area (Å²) in [6.45, 7) is 9.95. The van der Waals surface area contributed by atoms with Gasteiger partial charge in [-0.25, -0.2) is 0 Å². The van der Waals surface area contributed by atoms with E-state index in [0.29, 0.717) is 0 Å². The monoisotopic (exact) mass is 292 g/mol. The Bertz CT molecular complexity index is 465. The highest BCUT2D eigenvalue weighted by Gasteiger charge is 2.15. The van der Waals surface area contributed by atoms with Crippen LogP contribution in [0.25, 0.3) is 0 Å². The summed E-state index contributed by atoms with van der Waals surface area (Å²) in [6.07, 6.45) is 4.55. The third-order valence-corrected chi connectivity index (χ3v) is 3.91. The van der Waals surface area contributed by atoms with Gasteiger partial charge in [-0.1, -0.05) is 13.0 Å². The predicted molar refractivity (Wildman–Crippen MR) is 85.3 cm³/mol. The Labute approximate surface area is 128 Å². The fraction of sp³-hybridized carbons (Fsp3) is 0.647. The second-order valence-corrected chi connectivity index (χ2v) is 5.75. The molecule has 1 aliphatic rings. The van der Waals surface area contributed by atoms with E-state index in [2.05, 4.69) is 36.2 Å². The highest BCUT2D eigenvalue weighted by Crippen LogP contribution is 2.19. The topological polar surface area (TPSA) is 37.6 Å². The summed E-state index contributed by atoms with van der Waals surface area (Å²) in [5, 5.41) is 3.38. The molecule has 0 saturated heterocycles. The fourth-order valence-corrected chi connectivity index (χ4v) is 2.67. The molecule has 21 heavy (non-hydrogen) atoms. The summed E-state index contributed by atoms with van der Waals surface area (Å²) < 4.78 is 11.0. The smallest absolute Gasteiger partial charge is 0.118 e. The van der Waals surface area contributed by atoms with Crippen LogP contribution >= 0.6 is 0 Å². The van der Waals surface area contributed by atoms with Crippen LogP contribution in [0.4, 0.5) is 0 Å². The number of nitrogens with zero attached hydrogens (tertiary/aromatic N) is 1. The maximum Gasteiger partial charge on any atom is 0.118 e. The van der Waals surface area contributed by atoms with Gasteiger partial charge in [0.15, 0.2) is 0 Å². The van der Waals surface area contributed by atoms with Crippen molar-refractivity contribution < 1.29 is 9.15 Å². The highest BCUT2D eigenvalue weighted by atomic mass is 16.5. The molecule has 0 bridgehead atoms. The van der Waals surface area contributed by atoms with Crippen LogP contribution in [0.3, 0.4) is 0 Å². The number of methoxy groups -OCH3 is 1. The molecule has 1 N–H and O–H groups in total. The van der Waals surface area contributed by atoms with Crippen molar-refractivity contribution in [1.29, 1.82) is 0 Å². The van der Waals surface area contributed by atoms with E-state index in [4.69, 9.17) is 9.15 Å². The van der Waals surface area contributed by atoms with Gasteiger partial charge in [0.2, 0.25) is 0 Å². The molecule has 0 fully saturated rings. The number of nitrogens with one attached hydrogen (secondary N) is 1. The van der Waals surface area contributed by atoms with E-state index in [0.717, 1.165) is 63.7 Å². The number of furan rings is 1. The molecule has 4 heteroatoms. The van der Waals surface area contributed by atoms with E-state index in [1.165, 1.54) is 11.1 Å². The fourth-order valence-electron chi connectivity index (χ4n) is 2.67. The molecule has 1 aromatic heterocycles. The van der Waals surface area contributed by atoms with Crippen LogP contribution in [-0.4, -0.2) is 38.3 Å². The number of ether oxygens (including phenoxy) is 1. The van der Waals surface area contributed by atoms with E-state index in [-0.39, 0.29) is 0 Å². The van der Waals surface area contributed by atoms with Crippen LogP contribution in [0.2, 0.25) is 0 Å². The van der Waals surface area contributed by atoms with E-state index < -0.39 is 0 Å². The van der Waals surface area contributed by atoms with E-state index >= 15 is 0 Å². The normalized spacial score (nSPS) is 16.2. The molecule has 1 aliphatic heterocycles. The SMILES string of the molecule is CCCNCc1cc(CN2CC=C(COC)CC2)c(C)o1. The molecule has 0 aliphatic carbocycles. The Balaban J connectivity index is 1.86. The Hall–Kier alpha value is -1.10. The van der Waals surface area contributed by atoms with Crippen molar-refractivity contribution >= 4 is 0 Å². The van der Waals surface area contributed by atoms with Gasteiger partial charge in [-0.05, 0) is 37.9 Å². The zero-order valence-corrected chi connectivity index (χ0v) is 13.6. The Morgan fingerprint density at radius 1 is 1.43 bits per heavy atom. The van der Waals surface area contributed by atoms with Crippen molar-refractivity contribution in [2.75, 3.05) is 33.4 Å². The molecule has 0 aromatic carbocycles. The lowest BCUT2D eigenvalue weighted by Crippen LogP contribution is -2.29. The molecule has 0 unspecified atom stereocenters. The molecule has 0 saturated carbocycles. The zero-order chi connectivity index (χ0) is 15.1. The van der Waals surface area contributed by atoms with Crippen molar-refractivity contribution in [2.45, 2.75) is 39.8 Å². The van der Waals surface area contributed by atoms with Crippen molar-refractivity contribution in [3.63, 3.8) is 0 Å². The summed E-state index contributed by atoms with van der Waals surface area (Å²) in [7, 11) is 1.76. The van der Waals surface area contributed by atoms with Crippen LogP contribution in [0.15, 0.2) is 22.1 Å². The third-order valence-electron chi connectivity index (χ3n) is 3.91. The second-order valence-electron chi connectivity index (χ2n) is 5.75. The second kappa shape index (κ2) is 8.37. The molecule has 2 heterocycles. The summed E-state index contributed by atoms with van der Waals surface area (Å²) in [4.78, 5) is 2.46. The van der Waals surface area contributed by atoms with Crippen molar-refractivity contribution in [3.05, 3.63) is 34.8 Å². The van der Waals surface area contributed by atoms with Gasteiger partial charge in [0.25, 0.3) is 0 Å².